The summed E-state index contributed by atoms with van der Waals surface area (Å²) in [7, 11) is 0. The molecule has 0 aliphatic heterocycles. The average Bonchev–Trinajstić information content (AvgIpc) is 2.21. The second-order valence-corrected chi connectivity index (χ2v) is 2.92. The van der Waals surface area contributed by atoms with Gasteiger partial charge in [0.1, 0.15) is 12.7 Å². The largest absolute Gasteiger partial charge is 0.481 e. The summed E-state index contributed by atoms with van der Waals surface area (Å²) >= 11 is 0. The summed E-state index contributed by atoms with van der Waals surface area (Å²) < 4.78 is 4.58. The molecule has 0 saturated carbocycles. The Balaban J connectivity index is 3.99. The van der Waals surface area contributed by atoms with Gasteiger partial charge in [-0.05, 0) is 6.92 Å². The molecule has 0 radical (unpaired) electrons. The number of rotatable bonds is 6. The first-order valence-electron chi connectivity index (χ1n) is 4.32. The fourth-order valence-electron chi connectivity index (χ4n) is 0.662. The van der Waals surface area contributed by atoms with Gasteiger partial charge in [-0.15, -0.1) is 0 Å². The smallest absolute Gasteiger partial charge is 0.333 e. The molecule has 0 aromatic carbocycles. The van der Waals surface area contributed by atoms with Gasteiger partial charge in [-0.3, -0.25) is 4.79 Å². The Morgan fingerprint density at radius 2 is 2.07 bits per heavy atom. The molecule has 1 unspecified atom stereocenters. The van der Waals surface area contributed by atoms with Crippen LogP contribution in [0.3, 0.4) is 0 Å². The molecule has 0 fully saturated rings. The number of esters is 1. The molecule has 0 aliphatic rings. The zero-order valence-corrected chi connectivity index (χ0v) is 8.34. The molecule has 0 amide bonds. The number of carboxylic acids is 1. The summed E-state index contributed by atoms with van der Waals surface area (Å²) in [5, 5.41) is 25.6. The number of hydrogen-bond donors (Lipinski definition) is 3. The van der Waals surface area contributed by atoms with Crippen LogP contribution in [0.1, 0.15) is 13.3 Å². The van der Waals surface area contributed by atoms with E-state index in [9.17, 15) is 9.59 Å². The van der Waals surface area contributed by atoms with E-state index in [1.54, 1.807) is 0 Å². The molecule has 0 aromatic heterocycles. The highest BCUT2D eigenvalue weighted by molar-refractivity contribution is 5.88. The predicted molar refractivity (Wildman–Crippen MR) is 50.1 cm³/mol. The molecule has 0 saturated heterocycles. The second kappa shape index (κ2) is 6.97. The Morgan fingerprint density at radius 3 is 2.53 bits per heavy atom. The van der Waals surface area contributed by atoms with Crippen molar-refractivity contribution in [3.8, 4) is 0 Å². The van der Waals surface area contributed by atoms with Crippen LogP contribution in [-0.4, -0.2) is 46.6 Å². The lowest BCUT2D eigenvalue weighted by Crippen LogP contribution is -2.22. The standard InChI is InChI=1S/C9H14O6/c1-6(2-3-8(12)13)9(14)15-5-7(11)4-10/h2,7,10-11H,3-5H2,1H3,(H,12,13). The number of aliphatic hydroxyl groups is 2. The lowest BCUT2D eigenvalue weighted by atomic mass is 10.2. The van der Waals surface area contributed by atoms with Gasteiger partial charge >= 0.3 is 11.9 Å². The molecule has 6 nitrogen and oxygen atoms in total. The lowest BCUT2D eigenvalue weighted by Gasteiger charge is -2.08. The zero-order chi connectivity index (χ0) is 11.8. The second-order valence-electron chi connectivity index (χ2n) is 2.92. The van der Waals surface area contributed by atoms with Gasteiger partial charge in [-0.1, -0.05) is 6.08 Å². The SMILES string of the molecule is CC(=CCC(=O)O)C(=O)OCC(O)CO. The molecular formula is C9H14O6. The van der Waals surface area contributed by atoms with E-state index < -0.39 is 24.6 Å². The number of ether oxygens (including phenoxy) is 1. The molecule has 86 valence electrons. The normalized spacial score (nSPS) is 13.4. The summed E-state index contributed by atoms with van der Waals surface area (Å²) in [6.45, 7) is 0.607. The molecule has 0 aliphatic carbocycles. The summed E-state index contributed by atoms with van der Waals surface area (Å²) in [5.74, 6) is -1.75. The van der Waals surface area contributed by atoms with Crippen LogP contribution in [0.15, 0.2) is 11.6 Å². The Morgan fingerprint density at radius 1 is 1.47 bits per heavy atom. The lowest BCUT2D eigenvalue weighted by molar-refractivity contribution is -0.142. The van der Waals surface area contributed by atoms with E-state index in [1.807, 2.05) is 0 Å². The van der Waals surface area contributed by atoms with Crippen molar-refractivity contribution < 1.29 is 29.6 Å². The molecule has 6 heteroatoms. The van der Waals surface area contributed by atoms with Crippen molar-refractivity contribution >= 4 is 11.9 Å². The van der Waals surface area contributed by atoms with Crippen LogP contribution >= 0.6 is 0 Å². The minimum atomic E-state index is -1.11. The van der Waals surface area contributed by atoms with Crippen molar-refractivity contribution in [2.45, 2.75) is 19.4 Å². The van der Waals surface area contributed by atoms with Crippen LogP contribution in [0.2, 0.25) is 0 Å². The van der Waals surface area contributed by atoms with Crippen molar-refractivity contribution in [1.29, 1.82) is 0 Å². The van der Waals surface area contributed by atoms with Crippen LogP contribution in [-0.2, 0) is 14.3 Å². The van der Waals surface area contributed by atoms with E-state index in [-0.39, 0.29) is 18.6 Å². The third-order valence-electron chi connectivity index (χ3n) is 1.52. The number of aliphatic carboxylic acids is 1. The number of hydrogen-bond acceptors (Lipinski definition) is 5. The van der Waals surface area contributed by atoms with Gasteiger partial charge in [0.15, 0.2) is 0 Å². The van der Waals surface area contributed by atoms with Crippen molar-refractivity contribution in [3.63, 3.8) is 0 Å². The Kier molecular flexibility index (Phi) is 6.32. The van der Waals surface area contributed by atoms with E-state index in [1.165, 1.54) is 13.0 Å². The van der Waals surface area contributed by atoms with Gasteiger partial charge in [0.25, 0.3) is 0 Å². The Bertz CT molecular complexity index is 257. The van der Waals surface area contributed by atoms with Gasteiger partial charge in [0.05, 0.1) is 13.0 Å². The first kappa shape index (κ1) is 13.6. The number of carboxylic acid groups (broad SMARTS) is 1. The summed E-state index contributed by atoms with van der Waals surface area (Å²) in [6, 6.07) is 0. The third kappa shape index (κ3) is 6.64. The molecule has 1 atom stereocenters. The average molecular weight is 218 g/mol. The first-order chi connectivity index (χ1) is 6.97. The fourth-order valence-corrected chi connectivity index (χ4v) is 0.662. The topological polar surface area (TPSA) is 104 Å². The first-order valence-corrected chi connectivity index (χ1v) is 4.32. The van der Waals surface area contributed by atoms with Crippen LogP contribution < -0.4 is 0 Å². The van der Waals surface area contributed by atoms with E-state index in [2.05, 4.69) is 4.74 Å². The third-order valence-corrected chi connectivity index (χ3v) is 1.52. The molecule has 0 heterocycles. The molecule has 0 bridgehead atoms. The number of aliphatic hydroxyl groups excluding tert-OH is 2. The highest BCUT2D eigenvalue weighted by Gasteiger charge is 2.09. The van der Waals surface area contributed by atoms with Crippen molar-refractivity contribution in [3.05, 3.63) is 11.6 Å². The summed E-state index contributed by atoms with van der Waals surface area (Å²) in [5.41, 5.74) is 0.155. The maximum absolute atomic E-state index is 11.1. The maximum atomic E-state index is 11.1. The molecule has 3 N–H and O–H groups in total. The molecule has 0 spiro atoms. The van der Waals surface area contributed by atoms with Gasteiger partial charge in [-0.2, -0.15) is 0 Å². The van der Waals surface area contributed by atoms with Gasteiger partial charge in [0.2, 0.25) is 0 Å². The highest BCUT2D eigenvalue weighted by atomic mass is 16.5. The van der Waals surface area contributed by atoms with Gasteiger partial charge < -0.3 is 20.1 Å². The zero-order valence-electron chi connectivity index (χ0n) is 8.34. The van der Waals surface area contributed by atoms with Crippen molar-refractivity contribution in [2.24, 2.45) is 0 Å². The van der Waals surface area contributed by atoms with Crippen LogP contribution in [0.25, 0.3) is 0 Å². The quantitative estimate of drug-likeness (QED) is 0.402. The van der Waals surface area contributed by atoms with Gasteiger partial charge in [0, 0.05) is 5.57 Å². The van der Waals surface area contributed by atoms with Crippen LogP contribution in [0.4, 0.5) is 0 Å². The highest BCUT2D eigenvalue weighted by Crippen LogP contribution is 1.99. The minimum absolute atomic E-state index is 0.155. The van der Waals surface area contributed by atoms with E-state index in [0.717, 1.165) is 0 Å². The maximum Gasteiger partial charge on any atom is 0.333 e. The monoisotopic (exact) mass is 218 g/mol. The van der Waals surface area contributed by atoms with Crippen LogP contribution in [0.5, 0.6) is 0 Å². The molecule has 0 rings (SSSR count). The Hall–Kier alpha value is -1.40. The van der Waals surface area contributed by atoms with E-state index in [4.69, 9.17) is 15.3 Å². The number of carbonyl (C=O) groups is 2. The van der Waals surface area contributed by atoms with Gasteiger partial charge in [-0.25, -0.2) is 4.79 Å². The Labute approximate surface area is 86.8 Å². The van der Waals surface area contributed by atoms with Crippen molar-refractivity contribution in [1.82, 2.24) is 0 Å². The summed E-state index contributed by atoms with van der Waals surface area (Å²) in [4.78, 5) is 21.3. The van der Waals surface area contributed by atoms with E-state index >= 15 is 0 Å². The van der Waals surface area contributed by atoms with Crippen LogP contribution in [0, 0.1) is 0 Å². The summed E-state index contributed by atoms with van der Waals surface area (Å²) in [6.07, 6.45) is -0.152. The predicted octanol–water partition coefficient (Wildman–Crippen LogP) is -0.696. The molecule has 0 aromatic rings. The van der Waals surface area contributed by atoms with E-state index in [0.29, 0.717) is 0 Å². The fraction of sp³-hybridized carbons (Fsp3) is 0.556. The van der Waals surface area contributed by atoms with Crippen molar-refractivity contribution in [2.75, 3.05) is 13.2 Å². The number of carbonyl (C=O) groups excluding carboxylic acids is 1. The molecular weight excluding hydrogens is 204 g/mol. The molecule has 15 heavy (non-hydrogen) atoms. The minimum Gasteiger partial charge on any atom is -0.481 e.